The summed E-state index contributed by atoms with van der Waals surface area (Å²) in [5.41, 5.74) is 5.11. The van der Waals surface area contributed by atoms with E-state index in [2.05, 4.69) is 58.1 Å². The van der Waals surface area contributed by atoms with Gasteiger partial charge in [-0.25, -0.2) is 0 Å². The summed E-state index contributed by atoms with van der Waals surface area (Å²) < 4.78 is 0. The van der Waals surface area contributed by atoms with Crippen LogP contribution in [-0.4, -0.2) is 7.05 Å². The van der Waals surface area contributed by atoms with Crippen LogP contribution in [0.2, 0.25) is 0 Å². The summed E-state index contributed by atoms with van der Waals surface area (Å²) in [4.78, 5) is 0. The van der Waals surface area contributed by atoms with Gasteiger partial charge in [0.15, 0.2) is 0 Å². The van der Waals surface area contributed by atoms with E-state index in [4.69, 9.17) is 0 Å². The molecule has 0 fully saturated rings. The Bertz CT molecular complexity index is 455. The Labute approximate surface area is 111 Å². The molecule has 0 saturated carbocycles. The molecule has 0 bridgehead atoms. The van der Waals surface area contributed by atoms with Gasteiger partial charge in [-0.05, 0) is 56.0 Å². The molecule has 1 aromatic rings. The zero-order valence-corrected chi connectivity index (χ0v) is 12.3. The van der Waals surface area contributed by atoms with E-state index < -0.39 is 0 Å². The maximum atomic E-state index is 9.38. The smallest absolute Gasteiger partial charge is 0.0681 e. The van der Waals surface area contributed by atoms with Crippen molar-refractivity contribution in [1.29, 1.82) is 5.26 Å². The quantitative estimate of drug-likeness (QED) is 0.877. The van der Waals surface area contributed by atoms with E-state index in [1.165, 1.54) is 22.3 Å². The Balaban J connectivity index is 3.25. The lowest BCUT2D eigenvalue weighted by molar-refractivity contribution is 0.362. The standard InChI is InChI=1S/C16H24N2/c1-10(2)15(9-17)16(18-6)14-8-12(4)11(3)7-13(14)5/h7-8,10,15-16,18H,1-6H3. The second-order valence-electron chi connectivity index (χ2n) is 5.46. The average molecular weight is 244 g/mol. The maximum Gasteiger partial charge on any atom is 0.0681 e. The van der Waals surface area contributed by atoms with Gasteiger partial charge in [-0.15, -0.1) is 0 Å². The van der Waals surface area contributed by atoms with Crippen molar-refractivity contribution in [3.05, 3.63) is 34.4 Å². The molecule has 2 nitrogen and oxygen atoms in total. The Hall–Kier alpha value is -1.33. The average Bonchev–Trinajstić information content (AvgIpc) is 2.30. The van der Waals surface area contributed by atoms with Crippen LogP contribution in [0.1, 0.15) is 42.1 Å². The van der Waals surface area contributed by atoms with Crippen molar-refractivity contribution in [2.24, 2.45) is 11.8 Å². The molecule has 2 heteroatoms. The van der Waals surface area contributed by atoms with E-state index in [0.717, 1.165) is 0 Å². The molecule has 1 N–H and O–H groups in total. The van der Waals surface area contributed by atoms with Gasteiger partial charge < -0.3 is 5.32 Å². The van der Waals surface area contributed by atoms with Gasteiger partial charge in [0.25, 0.3) is 0 Å². The highest BCUT2D eigenvalue weighted by Crippen LogP contribution is 2.30. The Kier molecular flexibility index (Phi) is 4.93. The second kappa shape index (κ2) is 6.02. The fourth-order valence-corrected chi connectivity index (χ4v) is 2.45. The number of hydrogen-bond acceptors (Lipinski definition) is 2. The SMILES string of the molecule is CNC(c1cc(C)c(C)cc1C)C(C#N)C(C)C. The summed E-state index contributed by atoms with van der Waals surface area (Å²) in [7, 11) is 1.94. The molecule has 2 unspecified atom stereocenters. The van der Waals surface area contributed by atoms with Crippen LogP contribution in [-0.2, 0) is 0 Å². The van der Waals surface area contributed by atoms with E-state index in [-0.39, 0.29) is 12.0 Å². The number of benzene rings is 1. The lowest BCUT2D eigenvalue weighted by atomic mass is 9.83. The van der Waals surface area contributed by atoms with Crippen LogP contribution >= 0.6 is 0 Å². The highest BCUT2D eigenvalue weighted by molar-refractivity contribution is 5.39. The molecule has 0 radical (unpaired) electrons. The van der Waals surface area contributed by atoms with E-state index in [1.54, 1.807) is 0 Å². The first kappa shape index (κ1) is 14.7. The lowest BCUT2D eigenvalue weighted by Gasteiger charge is -2.27. The monoisotopic (exact) mass is 244 g/mol. The second-order valence-corrected chi connectivity index (χ2v) is 5.46. The molecule has 0 aliphatic rings. The van der Waals surface area contributed by atoms with Crippen LogP contribution in [0.3, 0.4) is 0 Å². The molecule has 0 heterocycles. The van der Waals surface area contributed by atoms with Crippen molar-refractivity contribution < 1.29 is 0 Å². The van der Waals surface area contributed by atoms with Crippen molar-refractivity contribution in [2.45, 2.75) is 40.7 Å². The van der Waals surface area contributed by atoms with Gasteiger partial charge in [0, 0.05) is 6.04 Å². The molecule has 98 valence electrons. The highest BCUT2D eigenvalue weighted by Gasteiger charge is 2.26. The van der Waals surface area contributed by atoms with E-state index in [9.17, 15) is 5.26 Å². The summed E-state index contributed by atoms with van der Waals surface area (Å²) >= 11 is 0. The zero-order valence-electron chi connectivity index (χ0n) is 12.3. The predicted molar refractivity (Wildman–Crippen MR) is 76.4 cm³/mol. The summed E-state index contributed by atoms with van der Waals surface area (Å²) in [5, 5.41) is 12.7. The third-order valence-electron chi connectivity index (χ3n) is 3.75. The van der Waals surface area contributed by atoms with Crippen molar-refractivity contribution in [2.75, 3.05) is 7.05 Å². The molecule has 18 heavy (non-hydrogen) atoms. The summed E-state index contributed by atoms with van der Waals surface area (Å²) in [6.45, 7) is 10.6. The number of hydrogen-bond donors (Lipinski definition) is 1. The first-order chi connectivity index (χ1) is 8.42. The number of nitrogens with zero attached hydrogens (tertiary/aromatic N) is 1. The van der Waals surface area contributed by atoms with E-state index in [0.29, 0.717) is 5.92 Å². The molecule has 0 saturated heterocycles. The fourth-order valence-electron chi connectivity index (χ4n) is 2.45. The van der Waals surface area contributed by atoms with Gasteiger partial charge in [0.2, 0.25) is 0 Å². The molecule has 1 aromatic carbocycles. The number of aryl methyl sites for hydroxylation is 3. The molecule has 0 aromatic heterocycles. The molecular formula is C16H24N2. The predicted octanol–water partition coefficient (Wildman–Crippen LogP) is 3.67. The third kappa shape index (κ3) is 2.91. The first-order valence-corrected chi connectivity index (χ1v) is 6.57. The number of nitriles is 1. The molecule has 0 aliphatic carbocycles. The Morgan fingerprint density at radius 1 is 1.06 bits per heavy atom. The molecule has 0 aliphatic heterocycles. The summed E-state index contributed by atoms with van der Waals surface area (Å²) in [6, 6.07) is 6.99. The first-order valence-electron chi connectivity index (χ1n) is 6.57. The highest BCUT2D eigenvalue weighted by atomic mass is 14.9. The van der Waals surface area contributed by atoms with Crippen LogP contribution in [0.5, 0.6) is 0 Å². The van der Waals surface area contributed by atoms with Crippen molar-refractivity contribution in [3.63, 3.8) is 0 Å². The molecule has 2 atom stereocenters. The van der Waals surface area contributed by atoms with Gasteiger partial charge >= 0.3 is 0 Å². The van der Waals surface area contributed by atoms with Crippen LogP contribution in [0.25, 0.3) is 0 Å². The molecular weight excluding hydrogens is 220 g/mol. The summed E-state index contributed by atoms with van der Waals surface area (Å²) in [6.07, 6.45) is 0. The largest absolute Gasteiger partial charge is 0.312 e. The number of rotatable bonds is 4. The zero-order chi connectivity index (χ0) is 13.9. The molecule has 0 spiro atoms. The minimum absolute atomic E-state index is 0.00388. The van der Waals surface area contributed by atoms with Gasteiger partial charge in [0.1, 0.15) is 0 Å². The van der Waals surface area contributed by atoms with E-state index in [1.807, 2.05) is 7.05 Å². The Morgan fingerprint density at radius 2 is 1.61 bits per heavy atom. The van der Waals surface area contributed by atoms with Crippen LogP contribution in [0.15, 0.2) is 12.1 Å². The normalized spacial score (nSPS) is 14.3. The van der Waals surface area contributed by atoms with Crippen LogP contribution < -0.4 is 5.32 Å². The van der Waals surface area contributed by atoms with Crippen LogP contribution in [0.4, 0.5) is 0 Å². The topological polar surface area (TPSA) is 35.8 Å². The van der Waals surface area contributed by atoms with Gasteiger partial charge in [0.05, 0.1) is 12.0 Å². The van der Waals surface area contributed by atoms with Gasteiger partial charge in [-0.2, -0.15) is 5.26 Å². The molecule has 0 amide bonds. The summed E-state index contributed by atoms with van der Waals surface area (Å²) in [5.74, 6) is 0.337. The minimum Gasteiger partial charge on any atom is -0.312 e. The molecule has 1 rings (SSSR count). The lowest BCUT2D eigenvalue weighted by Crippen LogP contribution is -2.28. The Morgan fingerprint density at radius 3 is 2.06 bits per heavy atom. The minimum atomic E-state index is -0.00388. The van der Waals surface area contributed by atoms with Crippen molar-refractivity contribution in [1.82, 2.24) is 5.32 Å². The van der Waals surface area contributed by atoms with Crippen LogP contribution in [0, 0.1) is 43.9 Å². The third-order valence-corrected chi connectivity index (χ3v) is 3.75. The maximum absolute atomic E-state index is 9.38. The van der Waals surface area contributed by atoms with Crippen molar-refractivity contribution >= 4 is 0 Å². The van der Waals surface area contributed by atoms with Gasteiger partial charge in [-0.1, -0.05) is 26.0 Å². The number of nitrogens with one attached hydrogen (secondary N) is 1. The fraction of sp³-hybridized carbons (Fsp3) is 0.562. The van der Waals surface area contributed by atoms with E-state index >= 15 is 0 Å². The van der Waals surface area contributed by atoms with Gasteiger partial charge in [-0.3, -0.25) is 0 Å². The van der Waals surface area contributed by atoms with Crippen molar-refractivity contribution in [3.8, 4) is 6.07 Å².